The molecule has 0 spiro atoms. The van der Waals surface area contributed by atoms with Gasteiger partial charge in [-0.3, -0.25) is 0 Å². The maximum absolute atomic E-state index is 12.0. The van der Waals surface area contributed by atoms with E-state index in [1.54, 1.807) is 29.2 Å². The Morgan fingerprint density at radius 1 is 1.24 bits per heavy atom. The quantitative estimate of drug-likeness (QED) is 0.853. The fraction of sp³-hybridized carbons (Fsp3) is 0.500. The number of cyclic esters (lactones) is 1. The molecule has 1 saturated carbocycles. The maximum atomic E-state index is 12.0. The number of sulfonamides is 1. The van der Waals surface area contributed by atoms with Gasteiger partial charge in [-0.1, -0.05) is 30.3 Å². The highest BCUT2D eigenvalue weighted by atomic mass is 32.2. The number of hydrogen-bond donors (Lipinski definition) is 1. The molecule has 1 unspecified atom stereocenters. The first-order valence-electron chi connectivity index (χ1n) is 7.02. The van der Waals surface area contributed by atoms with E-state index in [-0.39, 0.29) is 18.4 Å². The number of nitrogens with one attached hydrogen (secondary N) is 1. The Morgan fingerprint density at radius 2 is 1.95 bits per heavy atom. The van der Waals surface area contributed by atoms with Gasteiger partial charge in [0.05, 0.1) is 12.3 Å². The number of hydrogen-bond acceptors (Lipinski definition) is 4. The Balaban J connectivity index is 1.51. The number of nitrogens with zero attached hydrogens (tertiary/aromatic N) is 1. The zero-order chi connectivity index (χ0) is 14.9. The van der Waals surface area contributed by atoms with Gasteiger partial charge in [0.15, 0.2) is 0 Å². The Hall–Kier alpha value is -1.60. The number of carbonyl (C=O) groups excluding carboxylic acids is 1. The molecule has 1 aliphatic carbocycles. The molecule has 1 saturated heterocycles. The number of benzene rings is 1. The van der Waals surface area contributed by atoms with Crippen LogP contribution in [0.5, 0.6) is 0 Å². The second kappa shape index (κ2) is 5.65. The van der Waals surface area contributed by atoms with Gasteiger partial charge in [0, 0.05) is 12.6 Å². The third-order valence-electron chi connectivity index (χ3n) is 3.62. The van der Waals surface area contributed by atoms with Crippen molar-refractivity contribution in [2.24, 2.45) is 0 Å². The van der Waals surface area contributed by atoms with Crippen LogP contribution in [0.1, 0.15) is 18.4 Å². The highest BCUT2D eigenvalue weighted by molar-refractivity contribution is 7.88. The molecular formula is C14H18N2O4S. The molecule has 0 bridgehead atoms. The lowest BCUT2D eigenvalue weighted by molar-refractivity contribution is 0.133. The number of rotatable bonds is 6. The first-order chi connectivity index (χ1) is 10.0. The van der Waals surface area contributed by atoms with Gasteiger partial charge in [-0.15, -0.1) is 0 Å². The standard InChI is InChI=1S/C14H18N2O4S/c17-14-16(12-6-7-12)9-13(20-14)8-15-21(18,19)10-11-4-2-1-3-5-11/h1-5,12-13,15H,6-10H2. The first kappa shape index (κ1) is 14.3. The van der Waals surface area contributed by atoms with Gasteiger partial charge in [0.25, 0.3) is 0 Å². The van der Waals surface area contributed by atoms with Crippen LogP contribution in [0, 0.1) is 0 Å². The minimum absolute atomic E-state index is 0.0686. The SMILES string of the molecule is O=C1OC(CNS(=O)(=O)Cc2ccccc2)CN1C1CC1. The molecule has 1 amide bonds. The average Bonchev–Trinajstić information content (AvgIpc) is 3.21. The fourth-order valence-electron chi connectivity index (χ4n) is 2.40. The summed E-state index contributed by atoms with van der Waals surface area (Å²) in [5.41, 5.74) is 0.730. The van der Waals surface area contributed by atoms with E-state index in [0.717, 1.165) is 18.4 Å². The zero-order valence-corrected chi connectivity index (χ0v) is 12.4. The van der Waals surface area contributed by atoms with Gasteiger partial charge in [-0.05, 0) is 18.4 Å². The Bertz CT molecular complexity index is 613. The van der Waals surface area contributed by atoms with Gasteiger partial charge in [-0.25, -0.2) is 17.9 Å². The summed E-state index contributed by atoms with van der Waals surface area (Å²) >= 11 is 0. The fourth-order valence-corrected chi connectivity index (χ4v) is 3.57. The molecule has 1 aliphatic heterocycles. The number of amides is 1. The van der Waals surface area contributed by atoms with Gasteiger partial charge < -0.3 is 9.64 Å². The summed E-state index contributed by atoms with van der Waals surface area (Å²) in [6.07, 6.45) is 1.30. The molecule has 114 valence electrons. The van der Waals surface area contributed by atoms with Gasteiger partial charge in [-0.2, -0.15) is 0 Å². The van der Waals surface area contributed by atoms with Crippen molar-refractivity contribution >= 4 is 16.1 Å². The van der Waals surface area contributed by atoms with Crippen LogP contribution < -0.4 is 4.72 Å². The minimum Gasteiger partial charge on any atom is -0.443 e. The van der Waals surface area contributed by atoms with E-state index >= 15 is 0 Å². The van der Waals surface area contributed by atoms with Crippen molar-refractivity contribution in [3.8, 4) is 0 Å². The lowest BCUT2D eigenvalue weighted by atomic mass is 10.2. The van der Waals surface area contributed by atoms with Crippen LogP contribution in [0.4, 0.5) is 4.79 Å². The van der Waals surface area contributed by atoms with Crippen molar-refractivity contribution in [3.63, 3.8) is 0 Å². The number of carbonyl (C=O) groups is 1. The van der Waals surface area contributed by atoms with E-state index in [4.69, 9.17) is 4.74 Å². The molecule has 21 heavy (non-hydrogen) atoms. The third-order valence-corrected chi connectivity index (χ3v) is 4.94. The molecule has 2 fully saturated rings. The van der Waals surface area contributed by atoms with Crippen molar-refractivity contribution in [1.82, 2.24) is 9.62 Å². The van der Waals surface area contributed by atoms with E-state index in [1.807, 2.05) is 6.07 Å². The van der Waals surface area contributed by atoms with Crippen molar-refractivity contribution in [3.05, 3.63) is 35.9 Å². The lowest BCUT2D eigenvalue weighted by Crippen LogP contribution is -2.35. The predicted molar refractivity (Wildman–Crippen MR) is 77.1 cm³/mol. The Labute approximate surface area is 124 Å². The summed E-state index contributed by atoms with van der Waals surface area (Å²) in [6, 6.07) is 9.28. The van der Waals surface area contributed by atoms with Gasteiger partial charge in [0.2, 0.25) is 10.0 Å². The van der Waals surface area contributed by atoms with E-state index in [9.17, 15) is 13.2 Å². The summed E-state index contributed by atoms with van der Waals surface area (Å²) < 4.78 is 31.7. The van der Waals surface area contributed by atoms with E-state index in [1.165, 1.54) is 0 Å². The normalized spacial score (nSPS) is 22.4. The van der Waals surface area contributed by atoms with Crippen LogP contribution in [-0.4, -0.2) is 44.6 Å². The molecule has 6 nitrogen and oxygen atoms in total. The molecule has 1 aromatic carbocycles. The zero-order valence-electron chi connectivity index (χ0n) is 11.6. The molecule has 7 heteroatoms. The van der Waals surface area contributed by atoms with E-state index in [2.05, 4.69) is 4.72 Å². The summed E-state index contributed by atoms with van der Waals surface area (Å²) in [5.74, 6) is -0.0686. The van der Waals surface area contributed by atoms with Crippen molar-refractivity contribution in [2.45, 2.75) is 30.7 Å². The topological polar surface area (TPSA) is 75.7 Å². The summed E-state index contributed by atoms with van der Waals surface area (Å²) in [5, 5.41) is 0. The minimum atomic E-state index is -3.42. The maximum Gasteiger partial charge on any atom is 0.410 e. The molecule has 1 atom stereocenters. The van der Waals surface area contributed by atoms with Gasteiger partial charge >= 0.3 is 6.09 Å². The van der Waals surface area contributed by atoms with Crippen molar-refractivity contribution in [1.29, 1.82) is 0 Å². The molecule has 1 N–H and O–H groups in total. The molecule has 3 rings (SSSR count). The summed E-state index contributed by atoms with van der Waals surface area (Å²) in [6.45, 7) is 0.599. The van der Waals surface area contributed by atoms with Crippen LogP contribution >= 0.6 is 0 Å². The third kappa shape index (κ3) is 3.74. The summed E-state index contributed by atoms with van der Waals surface area (Å²) in [7, 11) is -3.42. The molecule has 0 radical (unpaired) electrons. The Morgan fingerprint density at radius 3 is 2.62 bits per heavy atom. The molecular weight excluding hydrogens is 292 g/mol. The highest BCUT2D eigenvalue weighted by Crippen LogP contribution is 2.30. The lowest BCUT2D eigenvalue weighted by Gasteiger charge is -2.11. The summed E-state index contributed by atoms with van der Waals surface area (Å²) in [4.78, 5) is 13.3. The van der Waals surface area contributed by atoms with Gasteiger partial charge in [0.1, 0.15) is 6.10 Å². The molecule has 1 aromatic rings. The van der Waals surface area contributed by atoms with Crippen LogP contribution in [-0.2, 0) is 20.5 Å². The molecule has 0 aromatic heterocycles. The monoisotopic (exact) mass is 310 g/mol. The van der Waals surface area contributed by atoms with E-state index in [0.29, 0.717) is 12.6 Å². The van der Waals surface area contributed by atoms with Crippen molar-refractivity contribution < 1.29 is 17.9 Å². The number of ether oxygens (including phenoxy) is 1. The van der Waals surface area contributed by atoms with Crippen molar-refractivity contribution in [2.75, 3.05) is 13.1 Å². The second-order valence-corrected chi connectivity index (χ2v) is 7.29. The second-order valence-electron chi connectivity index (χ2n) is 5.48. The van der Waals surface area contributed by atoms with Crippen LogP contribution in [0.25, 0.3) is 0 Å². The Kier molecular flexibility index (Phi) is 3.86. The molecule has 2 aliphatic rings. The van der Waals surface area contributed by atoms with Crippen LogP contribution in [0.15, 0.2) is 30.3 Å². The van der Waals surface area contributed by atoms with Crippen LogP contribution in [0.2, 0.25) is 0 Å². The smallest absolute Gasteiger partial charge is 0.410 e. The van der Waals surface area contributed by atoms with E-state index < -0.39 is 16.1 Å². The predicted octanol–water partition coefficient (Wildman–Crippen LogP) is 1.09. The highest BCUT2D eigenvalue weighted by Gasteiger charge is 2.41. The molecule has 1 heterocycles. The first-order valence-corrected chi connectivity index (χ1v) is 8.67. The van der Waals surface area contributed by atoms with Crippen LogP contribution in [0.3, 0.4) is 0 Å². The largest absolute Gasteiger partial charge is 0.443 e. The average molecular weight is 310 g/mol.